The van der Waals surface area contributed by atoms with Gasteiger partial charge >= 0.3 is 0 Å². The third-order valence-electron chi connectivity index (χ3n) is 0.802. The Kier molecular flexibility index (Phi) is 18.4. The summed E-state index contributed by atoms with van der Waals surface area (Å²) >= 11 is 0. The van der Waals surface area contributed by atoms with Crippen LogP contribution in [0.25, 0.3) is 0 Å². The molecule has 4 heteroatoms. The van der Waals surface area contributed by atoms with Crippen molar-refractivity contribution in [2.24, 2.45) is 5.73 Å². The fourth-order valence-electron chi connectivity index (χ4n) is 0.378. The van der Waals surface area contributed by atoms with Gasteiger partial charge < -0.3 is 10.8 Å². The minimum atomic E-state index is -0.833. The maximum absolute atomic E-state index is 10.4. The molecule has 1 amide bonds. The Bertz CT molecular complexity index is 238. The molecule has 0 rings (SSSR count). The highest BCUT2D eigenvalue weighted by atomic mass is 16.4. The van der Waals surface area contributed by atoms with E-state index >= 15 is 0 Å². The Morgan fingerprint density at radius 1 is 1.27 bits per heavy atom. The number of amides is 1. The number of carboxylic acids is 1. The molecule has 0 radical (unpaired) electrons. The van der Waals surface area contributed by atoms with E-state index in [1.807, 2.05) is 13.8 Å². The first-order valence-electron chi connectivity index (χ1n) is 4.40. The maximum Gasteiger partial charge on any atom is 0.300 e. The van der Waals surface area contributed by atoms with Crippen LogP contribution in [-0.2, 0) is 9.59 Å². The summed E-state index contributed by atoms with van der Waals surface area (Å²) < 4.78 is 0. The summed E-state index contributed by atoms with van der Waals surface area (Å²) in [7, 11) is 0. The first kappa shape index (κ1) is 18.9. The maximum atomic E-state index is 10.4. The van der Waals surface area contributed by atoms with Crippen molar-refractivity contribution in [1.29, 1.82) is 0 Å². The van der Waals surface area contributed by atoms with Crippen molar-refractivity contribution in [1.82, 2.24) is 0 Å². The summed E-state index contributed by atoms with van der Waals surface area (Å²) in [6.45, 7) is 11.9. The molecule has 3 N–H and O–H groups in total. The van der Waals surface area contributed by atoms with Crippen LogP contribution in [0.1, 0.15) is 20.8 Å². The van der Waals surface area contributed by atoms with E-state index in [-0.39, 0.29) is 0 Å². The number of hydrogen-bond acceptors (Lipinski definition) is 2. The summed E-state index contributed by atoms with van der Waals surface area (Å²) in [5.74, 6) is -1.31. The van der Waals surface area contributed by atoms with E-state index in [1.54, 1.807) is 0 Å². The van der Waals surface area contributed by atoms with Gasteiger partial charge in [-0.05, 0) is 0 Å². The Morgan fingerprint density at radius 2 is 1.60 bits per heavy atom. The first-order valence-corrected chi connectivity index (χ1v) is 4.40. The molecule has 15 heavy (non-hydrogen) atoms. The normalized spacial score (nSPS) is 8.33. The average Bonchev–Trinajstić information content (AvgIpc) is 2.16. The Hall–Kier alpha value is -1.84. The van der Waals surface area contributed by atoms with Gasteiger partial charge in [0.05, 0.1) is 0 Å². The SMILES string of the molecule is C=C/C=C(\C=C)C(N)=O.CC.CC(=O)O. The molecule has 0 aromatic rings. The van der Waals surface area contributed by atoms with Crippen molar-refractivity contribution >= 4 is 11.9 Å². The zero-order valence-corrected chi connectivity index (χ0v) is 9.49. The van der Waals surface area contributed by atoms with Gasteiger partial charge in [0.2, 0.25) is 5.91 Å². The predicted molar refractivity (Wildman–Crippen MR) is 62.3 cm³/mol. The molecular formula is C11H19NO3. The summed E-state index contributed by atoms with van der Waals surface area (Å²) in [5, 5.41) is 7.42. The molecule has 0 spiro atoms. The van der Waals surface area contributed by atoms with Gasteiger partial charge in [0.1, 0.15) is 0 Å². The lowest BCUT2D eigenvalue weighted by Gasteiger charge is -1.88. The summed E-state index contributed by atoms with van der Waals surface area (Å²) in [6.07, 6.45) is 4.39. The molecule has 0 aromatic heterocycles. The van der Waals surface area contributed by atoms with Crippen LogP contribution < -0.4 is 5.73 Å². The molecule has 0 saturated carbocycles. The molecular weight excluding hydrogens is 194 g/mol. The highest BCUT2D eigenvalue weighted by molar-refractivity contribution is 5.94. The van der Waals surface area contributed by atoms with Crippen LogP contribution in [-0.4, -0.2) is 17.0 Å². The highest BCUT2D eigenvalue weighted by Gasteiger charge is 1.94. The van der Waals surface area contributed by atoms with Crippen molar-refractivity contribution in [3.05, 3.63) is 37.0 Å². The summed E-state index contributed by atoms with van der Waals surface area (Å²) in [5.41, 5.74) is 5.29. The predicted octanol–water partition coefficient (Wildman–Crippen LogP) is 1.89. The standard InChI is InChI=1S/C7H9NO.C2H4O2.C2H6/c1-3-5-6(4-2)7(8)9;1-2(3)4;1-2/h3-5H,1-2H2,(H2,8,9);1H3,(H,3,4);1-2H3/b6-5+;;. The van der Waals surface area contributed by atoms with Crippen molar-refractivity contribution in [3.63, 3.8) is 0 Å². The van der Waals surface area contributed by atoms with Crippen LogP contribution in [0, 0.1) is 0 Å². The molecule has 0 aromatic carbocycles. The third kappa shape index (κ3) is 24.5. The van der Waals surface area contributed by atoms with Crippen molar-refractivity contribution in [2.75, 3.05) is 0 Å². The molecule has 0 saturated heterocycles. The lowest BCUT2D eigenvalue weighted by Crippen LogP contribution is -2.11. The number of allylic oxidation sites excluding steroid dienone is 2. The summed E-state index contributed by atoms with van der Waals surface area (Å²) in [6, 6.07) is 0. The lowest BCUT2D eigenvalue weighted by atomic mass is 10.2. The highest BCUT2D eigenvalue weighted by Crippen LogP contribution is 1.92. The molecule has 4 nitrogen and oxygen atoms in total. The second-order valence-electron chi connectivity index (χ2n) is 1.95. The monoisotopic (exact) mass is 213 g/mol. The number of carboxylic acid groups (broad SMARTS) is 1. The molecule has 0 bridgehead atoms. The van der Waals surface area contributed by atoms with Crippen LogP contribution in [0.4, 0.5) is 0 Å². The average molecular weight is 213 g/mol. The van der Waals surface area contributed by atoms with Gasteiger partial charge in [0.25, 0.3) is 5.97 Å². The Morgan fingerprint density at radius 3 is 1.67 bits per heavy atom. The number of nitrogens with two attached hydrogens (primary N) is 1. The second kappa shape index (κ2) is 14.7. The molecule has 0 unspecified atom stereocenters. The van der Waals surface area contributed by atoms with Gasteiger partial charge in [-0.1, -0.05) is 45.2 Å². The fourth-order valence-corrected chi connectivity index (χ4v) is 0.378. The van der Waals surface area contributed by atoms with E-state index in [0.29, 0.717) is 5.57 Å². The molecule has 0 aliphatic heterocycles. The Balaban J connectivity index is -0.000000202. The van der Waals surface area contributed by atoms with E-state index in [0.717, 1.165) is 6.92 Å². The van der Waals surface area contributed by atoms with Gasteiger partial charge in [0.15, 0.2) is 0 Å². The molecule has 0 aliphatic rings. The molecule has 0 atom stereocenters. The zero-order valence-electron chi connectivity index (χ0n) is 9.49. The topological polar surface area (TPSA) is 80.4 Å². The molecule has 0 fully saturated rings. The van der Waals surface area contributed by atoms with Crippen LogP contribution in [0.5, 0.6) is 0 Å². The van der Waals surface area contributed by atoms with Crippen molar-refractivity contribution in [3.8, 4) is 0 Å². The number of hydrogen-bond donors (Lipinski definition) is 2. The fraction of sp³-hybridized carbons (Fsp3) is 0.273. The third-order valence-corrected chi connectivity index (χ3v) is 0.802. The van der Waals surface area contributed by atoms with E-state index < -0.39 is 11.9 Å². The number of aliphatic carboxylic acids is 1. The number of carbonyl (C=O) groups is 2. The molecule has 86 valence electrons. The van der Waals surface area contributed by atoms with Crippen LogP contribution in [0.2, 0.25) is 0 Å². The van der Waals surface area contributed by atoms with Crippen LogP contribution >= 0.6 is 0 Å². The van der Waals surface area contributed by atoms with Gasteiger partial charge in [-0.15, -0.1) is 0 Å². The van der Waals surface area contributed by atoms with E-state index in [4.69, 9.17) is 15.6 Å². The van der Waals surface area contributed by atoms with Crippen LogP contribution in [0.3, 0.4) is 0 Å². The summed E-state index contributed by atoms with van der Waals surface area (Å²) in [4.78, 5) is 19.4. The first-order chi connectivity index (χ1) is 6.95. The van der Waals surface area contributed by atoms with Gasteiger partial charge in [0, 0.05) is 12.5 Å². The minimum Gasteiger partial charge on any atom is -0.481 e. The van der Waals surface area contributed by atoms with Crippen LogP contribution in [0.15, 0.2) is 37.0 Å². The number of carbonyl (C=O) groups excluding carboxylic acids is 1. The largest absolute Gasteiger partial charge is 0.481 e. The number of primary amides is 1. The van der Waals surface area contributed by atoms with Crippen molar-refractivity contribution in [2.45, 2.75) is 20.8 Å². The van der Waals surface area contributed by atoms with E-state index in [2.05, 4.69) is 13.2 Å². The van der Waals surface area contributed by atoms with E-state index in [1.165, 1.54) is 18.2 Å². The quantitative estimate of drug-likeness (QED) is 0.555. The Labute approximate surface area is 90.8 Å². The molecule has 0 heterocycles. The van der Waals surface area contributed by atoms with E-state index in [9.17, 15) is 4.79 Å². The molecule has 0 aliphatic carbocycles. The van der Waals surface area contributed by atoms with Crippen molar-refractivity contribution < 1.29 is 14.7 Å². The van der Waals surface area contributed by atoms with Gasteiger partial charge in [-0.25, -0.2) is 0 Å². The van der Waals surface area contributed by atoms with Gasteiger partial charge in [-0.3, -0.25) is 9.59 Å². The zero-order chi connectivity index (χ0) is 12.9. The smallest absolute Gasteiger partial charge is 0.300 e. The second-order valence-corrected chi connectivity index (χ2v) is 1.95. The lowest BCUT2D eigenvalue weighted by molar-refractivity contribution is -0.134. The minimum absolute atomic E-state index is 0.380. The van der Waals surface area contributed by atoms with Gasteiger partial charge in [-0.2, -0.15) is 0 Å². The number of rotatable bonds is 3.